The summed E-state index contributed by atoms with van der Waals surface area (Å²) in [5.74, 6) is -0.186. The van der Waals surface area contributed by atoms with Crippen molar-refractivity contribution in [2.75, 3.05) is 22.5 Å². The molecule has 0 spiro atoms. The lowest BCUT2D eigenvalue weighted by Gasteiger charge is -2.22. The molecule has 1 fully saturated rings. The number of rotatable bonds is 6. The molecule has 4 rings (SSSR count). The van der Waals surface area contributed by atoms with Gasteiger partial charge in [-0.25, -0.2) is 9.37 Å². The minimum absolute atomic E-state index is 0.177. The Balaban J connectivity index is 1.49. The molecule has 3 aromatic rings. The predicted molar refractivity (Wildman–Crippen MR) is 117 cm³/mol. The Morgan fingerprint density at radius 3 is 2.52 bits per heavy atom. The lowest BCUT2D eigenvalue weighted by atomic mass is 10.1. The molecule has 3 N–H and O–H groups in total. The molecule has 7 nitrogen and oxygen atoms in total. The van der Waals surface area contributed by atoms with Gasteiger partial charge in [-0.2, -0.15) is 0 Å². The zero-order chi connectivity index (χ0) is 22.0. The number of nitrogens with zero attached hydrogens (tertiary/aromatic N) is 3. The van der Waals surface area contributed by atoms with E-state index in [1.165, 1.54) is 30.3 Å². The maximum atomic E-state index is 14.8. The van der Waals surface area contributed by atoms with Crippen LogP contribution >= 0.6 is 0 Å². The topological polar surface area (TPSA) is 101 Å². The molecule has 0 atom stereocenters. The maximum Gasteiger partial charge on any atom is 0.257 e. The Kier molecular flexibility index (Phi) is 5.62. The number of aromatic nitrogens is 2. The number of pyridine rings is 2. The number of hydrogen-bond donors (Lipinski definition) is 2. The van der Waals surface area contributed by atoms with Gasteiger partial charge in [0, 0.05) is 25.2 Å². The van der Waals surface area contributed by atoms with Crippen molar-refractivity contribution in [3.8, 4) is 11.3 Å². The van der Waals surface area contributed by atoms with Crippen LogP contribution in [0.25, 0.3) is 11.3 Å². The van der Waals surface area contributed by atoms with Crippen LogP contribution in [0, 0.1) is 11.7 Å². The molecule has 0 aliphatic heterocycles. The van der Waals surface area contributed by atoms with Gasteiger partial charge in [0.25, 0.3) is 5.91 Å². The minimum atomic E-state index is -0.479. The van der Waals surface area contributed by atoms with Crippen molar-refractivity contribution in [1.82, 2.24) is 9.97 Å². The monoisotopic (exact) mass is 419 g/mol. The first-order valence-corrected chi connectivity index (χ1v) is 9.97. The molecule has 1 aliphatic carbocycles. The molecule has 0 unspecified atom stereocenters. The fraction of sp³-hybridized carbons (Fsp3) is 0.217. The van der Waals surface area contributed by atoms with Gasteiger partial charge in [-0.3, -0.25) is 14.6 Å². The fourth-order valence-corrected chi connectivity index (χ4v) is 3.22. The van der Waals surface area contributed by atoms with Crippen molar-refractivity contribution in [3.05, 3.63) is 66.2 Å². The summed E-state index contributed by atoms with van der Waals surface area (Å²) in [4.78, 5) is 34.0. The van der Waals surface area contributed by atoms with E-state index in [-0.39, 0.29) is 17.5 Å². The van der Waals surface area contributed by atoms with Gasteiger partial charge >= 0.3 is 0 Å². The second-order valence-electron chi connectivity index (χ2n) is 7.60. The molecule has 0 saturated heterocycles. The summed E-state index contributed by atoms with van der Waals surface area (Å²) in [6, 6.07) is 11.2. The van der Waals surface area contributed by atoms with Crippen LogP contribution in [-0.4, -0.2) is 28.3 Å². The van der Waals surface area contributed by atoms with Gasteiger partial charge in [0.15, 0.2) is 0 Å². The summed E-state index contributed by atoms with van der Waals surface area (Å²) in [5.41, 5.74) is 7.76. The number of amides is 2. The van der Waals surface area contributed by atoms with Gasteiger partial charge < -0.3 is 16.0 Å². The molecule has 31 heavy (non-hydrogen) atoms. The van der Waals surface area contributed by atoms with Crippen molar-refractivity contribution in [3.63, 3.8) is 0 Å². The number of nitrogens with two attached hydrogens (primary N) is 1. The third-order valence-corrected chi connectivity index (χ3v) is 5.12. The third-order valence-electron chi connectivity index (χ3n) is 5.12. The summed E-state index contributed by atoms with van der Waals surface area (Å²) >= 11 is 0. The van der Waals surface area contributed by atoms with Crippen LogP contribution in [0.3, 0.4) is 0 Å². The Morgan fingerprint density at radius 1 is 1.13 bits per heavy atom. The zero-order valence-corrected chi connectivity index (χ0v) is 17.0. The van der Waals surface area contributed by atoms with Crippen LogP contribution in [0.4, 0.5) is 21.6 Å². The molecule has 1 aromatic carbocycles. The quantitative estimate of drug-likeness (QED) is 0.631. The van der Waals surface area contributed by atoms with E-state index in [1.54, 1.807) is 36.4 Å². The van der Waals surface area contributed by atoms with Crippen LogP contribution in [0.5, 0.6) is 0 Å². The smallest absolute Gasteiger partial charge is 0.257 e. The number of halogens is 1. The minimum Gasteiger partial charge on any atom is -0.384 e. The second-order valence-corrected chi connectivity index (χ2v) is 7.60. The van der Waals surface area contributed by atoms with E-state index >= 15 is 0 Å². The molecule has 1 aliphatic rings. The number of anilines is 3. The number of nitrogen functional groups attached to an aromatic ring is 1. The predicted octanol–water partition coefficient (Wildman–Crippen LogP) is 3.88. The molecule has 158 valence electrons. The molecule has 0 bridgehead atoms. The standard InChI is InChI=1S/C23H22FN5O2/c1-14(30)29(13-15-2-3-15)21-8-5-16(10-19(21)24)20-7-4-17(11-26-20)23(31)28-18-6-9-22(25)27-12-18/h4-12,15H,2-3,13H2,1H3,(H2,25,27)(H,28,31). The first kappa shape index (κ1) is 20.5. The molecule has 2 amide bonds. The van der Waals surface area contributed by atoms with Crippen molar-refractivity contribution in [2.24, 2.45) is 5.92 Å². The van der Waals surface area contributed by atoms with Gasteiger partial charge in [0.05, 0.1) is 28.8 Å². The molecule has 2 aromatic heterocycles. The maximum absolute atomic E-state index is 14.8. The van der Waals surface area contributed by atoms with Gasteiger partial charge in [-0.05, 0) is 55.2 Å². The van der Waals surface area contributed by atoms with Gasteiger partial charge in [-0.1, -0.05) is 6.07 Å². The SMILES string of the molecule is CC(=O)N(CC1CC1)c1ccc(-c2ccc(C(=O)Nc3ccc(N)nc3)cn2)cc1F. The van der Waals surface area contributed by atoms with Gasteiger partial charge in [-0.15, -0.1) is 0 Å². The summed E-state index contributed by atoms with van der Waals surface area (Å²) < 4.78 is 14.8. The molecule has 1 saturated carbocycles. The van der Waals surface area contributed by atoms with Crippen LogP contribution < -0.4 is 16.0 Å². The average Bonchev–Trinajstić information content (AvgIpc) is 3.58. The summed E-state index contributed by atoms with van der Waals surface area (Å²) in [6.45, 7) is 1.98. The van der Waals surface area contributed by atoms with Crippen LogP contribution in [0.1, 0.15) is 30.1 Å². The number of hydrogen-bond acceptors (Lipinski definition) is 5. The van der Waals surface area contributed by atoms with Crippen LogP contribution in [0.2, 0.25) is 0 Å². The highest BCUT2D eigenvalue weighted by molar-refractivity contribution is 6.04. The number of benzene rings is 1. The molecule has 0 radical (unpaired) electrons. The Bertz CT molecular complexity index is 1110. The van der Waals surface area contributed by atoms with E-state index in [2.05, 4.69) is 15.3 Å². The fourth-order valence-electron chi connectivity index (χ4n) is 3.22. The molecule has 8 heteroatoms. The van der Waals surface area contributed by atoms with Gasteiger partial charge in [0.2, 0.25) is 5.91 Å². The van der Waals surface area contributed by atoms with E-state index in [0.29, 0.717) is 40.8 Å². The van der Waals surface area contributed by atoms with Crippen molar-refractivity contribution >= 4 is 29.0 Å². The van der Waals surface area contributed by atoms with E-state index in [9.17, 15) is 14.0 Å². The number of carbonyl (C=O) groups is 2. The van der Waals surface area contributed by atoms with Crippen LogP contribution in [0.15, 0.2) is 54.9 Å². The summed E-state index contributed by atoms with van der Waals surface area (Å²) in [6.07, 6.45) is 5.04. The number of nitrogens with one attached hydrogen (secondary N) is 1. The largest absolute Gasteiger partial charge is 0.384 e. The molecule has 2 heterocycles. The summed E-state index contributed by atoms with van der Waals surface area (Å²) in [5, 5.41) is 2.71. The van der Waals surface area contributed by atoms with Crippen molar-refractivity contribution < 1.29 is 14.0 Å². The molecular formula is C23H22FN5O2. The highest BCUT2D eigenvalue weighted by atomic mass is 19.1. The van der Waals surface area contributed by atoms with Gasteiger partial charge in [0.1, 0.15) is 11.6 Å². The lowest BCUT2D eigenvalue weighted by Crippen LogP contribution is -2.31. The van der Waals surface area contributed by atoms with E-state index < -0.39 is 5.82 Å². The highest BCUT2D eigenvalue weighted by Gasteiger charge is 2.27. The van der Waals surface area contributed by atoms with Crippen molar-refractivity contribution in [1.29, 1.82) is 0 Å². The Labute approximate surface area is 179 Å². The zero-order valence-electron chi connectivity index (χ0n) is 17.0. The van der Waals surface area contributed by atoms with E-state index in [1.807, 2.05) is 0 Å². The first-order chi connectivity index (χ1) is 14.9. The normalized spacial score (nSPS) is 13.0. The Hall–Kier alpha value is -3.81. The van der Waals surface area contributed by atoms with E-state index in [0.717, 1.165) is 12.8 Å². The lowest BCUT2D eigenvalue weighted by molar-refractivity contribution is -0.116. The van der Waals surface area contributed by atoms with Crippen LogP contribution in [-0.2, 0) is 4.79 Å². The number of carbonyl (C=O) groups excluding carboxylic acids is 2. The van der Waals surface area contributed by atoms with E-state index in [4.69, 9.17) is 5.73 Å². The highest BCUT2D eigenvalue weighted by Crippen LogP contribution is 2.33. The summed E-state index contributed by atoms with van der Waals surface area (Å²) in [7, 11) is 0. The molecular weight excluding hydrogens is 397 g/mol. The third kappa shape index (κ3) is 4.85. The average molecular weight is 419 g/mol. The Morgan fingerprint density at radius 2 is 1.94 bits per heavy atom. The first-order valence-electron chi connectivity index (χ1n) is 9.97. The second kappa shape index (κ2) is 8.51. The van der Waals surface area contributed by atoms with Crippen molar-refractivity contribution in [2.45, 2.75) is 19.8 Å².